The molecular weight excluding hydrogens is 313 g/mol. The van der Waals surface area contributed by atoms with Crippen molar-refractivity contribution in [2.24, 2.45) is 0 Å². The highest BCUT2D eigenvalue weighted by atomic mass is 35.5. The number of ether oxygens (including phenoxy) is 2. The van der Waals surface area contributed by atoms with Gasteiger partial charge in [-0.05, 0) is 44.1 Å². The molecule has 1 aliphatic rings. The molecule has 1 aromatic carbocycles. The van der Waals surface area contributed by atoms with Crippen molar-refractivity contribution in [1.29, 1.82) is 0 Å². The third-order valence-corrected chi connectivity index (χ3v) is 3.89. The lowest BCUT2D eigenvalue weighted by molar-refractivity contribution is -0.146. The molecule has 1 heterocycles. The van der Waals surface area contributed by atoms with Crippen molar-refractivity contribution in [2.45, 2.75) is 19.3 Å². The van der Waals surface area contributed by atoms with E-state index in [0.29, 0.717) is 22.4 Å². The molecule has 4 nitrogen and oxygen atoms in total. The quantitative estimate of drug-likeness (QED) is 0.749. The van der Waals surface area contributed by atoms with Crippen molar-refractivity contribution in [3.8, 4) is 5.75 Å². The number of rotatable bonds is 6. The van der Waals surface area contributed by atoms with E-state index in [2.05, 4.69) is 4.90 Å². The zero-order valence-corrected chi connectivity index (χ0v) is 13.3. The summed E-state index contributed by atoms with van der Waals surface area (Å²) in [6, 6.07) is 4.86. The van der Waals surface area contributed by atoms with E-state index in [4.69, 9.17) is 32.7 Å². The van der Waals surface area contributed by atoms with Gasteiger partial charge < -0.3 is 9.47 Å². The van der Waals surface area contributed by atoms with Gasteiger partial charge in [0, 0.05) is 11.6 Å². The van der Waals surface area contributed by atoms with E-state index in [9.17, 15) is 4.79 Å². The van der Waals surface area contributed by atoms with Crippen molar-refractivity contribution in [2.75, 3.05) is 32.8 Å². The first-order chi connectivity index (χ1) is 10.1. The van der Waals surface area contributed by atoms with Crippen LogP contribution < -0.4 is 4.74 Å². The number of esters is 1. The van der Waals surface area contributed by atoms with Crippen molar-refractivity contribution in [3.05, 3.63) is 28.2 Å². The Morgan fingerprint density at radius 3 is 2.67 bits per heavy atom. The Hall–Kier alpha value is -0.970. The summed E-state index contributed by atoms with van der Waals surface area (Å²) in [5.41, 5.74) is 0. The number of likely N-dealkylation sites (tertiary alicyclic amines) is 1. The van der Waals surface area contributed by atoms with Crippen molar-refractivity contribution in [3.63, 3.8) is 0 Å². The van der Waals surface area contributed by atoms with Gasteiger partial charge >= 0.3 is 5.97 Å². The molecule has 0 N–H and O–H groups in total. The number of carbonyl (C=O) groups excluding carboxylic acids is 1. The minimum absolute atomic E-state index is 0.151. The van der Waals surface area contributed by atoms with Crippen molar-refractivity contribution in [1.82, 2.24) is 4.90 Å². The molecule has 1 saturated heterocycles. The van der Waals surface area contributed by atoms with Crippen LogP contribution in [0.3, 0.4) is 0 Å². The van der Waals surface area contributed by atoms with Crippen LogP contribution in [0.15, 0.2) is 18.2 Å². The van der Waals surface area contributed by atoms with Gasteiger partial charge in [-0.2, -0.15) is 0 Å². The maximum absolute atomic E-state index is 11.6. The van der Waals surface area contributed by atoms with Crippen LogP contribution in [-0.4, -0.2) is 43.7 Å². The van der Waals surface area contributed by atoms with E-state index < -0.39 is 5.97 Å². The van der Waals surface area contributed by atoms with Gasteiger partial charge in [-0.15, -0.1) is 0 Å². The van der Waals surface area contributed by atoms with E-state index in [1.807, 2.05) is 0 Å². The molecule has 0 aromatic heterocycles. The van der Waals surface area contributed by atoms with Crippen molar-refractivity contribution >= 4 is 29.2 Å². The Morgan fingerprint density at radius 1 is 1.19 bits per heavy atom. The van der Waals surface area contributed by atoms with Gasteiger partial charge in [0.1, 0.15) is 12.4 Å². The average molecular weight is 332 g/mol. The fraction of sp³-hybridized carbons (Fsp3) is 0.533. The Morgan fingerprint density at radius 2 is 1.95 bits per heavy atom. The Balaban J connectivity index is 1.65. The van der Waals surface area contributed by atoms with Gasteiger partial charge in [0.2, 0.25) is 0 Å². The molecule has 0 atom stereocenters. The molecule has 2 rings (SSSR count). The number of hydrogen-bond acceptors (Lipinski definition) is 4. The first-order valence-corrected chi connectivity index (χ1v) is 7.86. The molecule has 1 aromatic rings. The molecule has 1 aliphatic heterocycles. The molecule has 0 saturated carbocycles. The second-order valence-electron chi connectivity index (χ2n) is 4.99. The summed E-state index contributed by atoms with van der Waals surface area (Å²) in [6.45, 7) is 3.22. The fourth-order valence-electron chi connectivity index (χ4n) is 2.24. The third kappa shape index (κ3) is 5.73. The van der Waals surface area contributed by atoms with Crippen LogP contribution in [0.2, 0.25) is 10.0 Å². The summed E-state index contributed by atoms with van der Waals surface area (Å²) < 4.78 is 10.5. The van der Waals surface area contributed by atoms with Crippen LogP contribution in [0, 0.1) is 0 Å². The monoisotopic (exact) mass is 331 g/mol. The number of nitrogens with zero attached hydrogens (tertiary/aromatic N) is 1. The lowest BCUT2D eigenvalue weighted by Crippen LogP contribution is -2.33. The zero-order valence-electron chi connectivity index (χ0n) is 11.8. The highest BCUT2D eigenvalue weighted by molar-refractivity contribution is 6.35. The number of halogens is 2. The van der Waals surface area contributed by atoms with Gasteiger partial charge in [0.25, 0.3) is 0 Å². The maximum atomic E-state index is 11.6. The van der Waals surface area contributed by atoms with E-state index in [-0.39, 0.29) is 6.61 Å². The molecular formula is C15H19Cl2NO3. The normalized spacial score (nSPS) is 15.7. The van der Waals surface area contributed by atoms with E-state index >= 15 is 0 Å². The minimum Gasteiger partial charge on any atom is -0.480 e. The van der Waals surface area contributed by atoms with E-state index in [1.165, 1.54) is 19.3 Å². The Labute approximate surface area is 134 Å². The number of hydrogen-bond donors (Lipinski definition) is 0. The molecule has 0 amide bonds. The van der Waals surface area contributed by atoms with E-state index in [0.717, 1.165) is 19.6 Å². The summed E-state index contributed by atoms with van der Waals surface area (Å²) >= 11 is 11.7. The summed E-state index contributed by atoms with van der Waals surface area (Å²) in [5.74, 6) is 0.0343. The minimum atomic E-state index is -0.391. The molecule has 0 aliphatic carbocycles. The molecule has 0 spiro atoms. The van der Waals surface area contributed by atoms with Gasteiger partial charge in [-0.1, -0.05) is 29.6 Å². The summed E-state index contributed by atoms with van der Waals surface area (Å²) in [4.78, 5) is 13.9. The molecule has 21 heavy (non-hydrogen) atoms. The SMILES string of the molecule is O=C(COc1ccc(Cl)cc1Cl)OCCN1CCCCC1. The van der Waals surface area contributed by atoms with Crippen LogP contribution in [0.1, 0.15) is 19.3 Å². The number of benzene rings is 1. The standard InChI is InChI=1S/C15H19Cl2NO3/c16-12-4-5-14(13(17)10-12)21-11-15(19)20-9-8-18-6-2-1-3-7-18/h4-5,10H,1-3,6-9,11H2. The predicted octanol–water partition coefficient (Wildman–Crippen LogP) is 3.40. The Bertz CT molecular complexity index is 476. The van der Waals surface area contributed by atoms with Crippen LogP contribution in [-0.2, 0) is 9.53 Å². The second kappa shape index (κ2) is 8.47. The largest absolute Gasteiger partial charge is 0.480 e. The molecule has 0 bridgehead atoms. The number of carbonyl (C=O) groups is 1. The van der Waals surface area contributed by atoms with E-state index in [1.54, 1.807) is 18.2 Å². The molecule has 6 heteroatoms. The molecule has 116 valence electrons. The maximum Gasteiger partial charge on any atom is 0.344 e. The summed E-state index contributed by atoms with van der Waals surface area (Å²) in [5, 5.41) is 0.903. The smallest absolute Gasteiger partial charge is 0.344 e. The predicted molar refractivity (Wildman–Crippen MR) is 83.2 cm³/mol. The van der Waals surface area contributed by atoms with Crippen LogP contribution >= 0.6 is 23.2 Å². The van der Waals surface area contributed by atoms with Crippen LogP contribution in [0.25, 0.3) is 0 Å². The highest BCUT2D eigenvalue weighted by Crippen LogP contribution is 2.27. The first kappa shape index (κ1) is 16.4. The third-order valence-electron chi connectivity index (χ3n) is 3.36. The van der Waals surface area contributed by atoms with Gasteiger partial charge in [0.05, 0.1) is 5.02 Å². The molecule has 0 unspecified atom stereocenters. The van der Waals surface area contributed by atoms with Gasteiger partial charge in [0.15, 0.2) is 6.61 Å². The van der Waals surface area contributed by atoms with Crippen LogP contribution in [0.4, 0.5) is 0 Å². The second-order valence-corrected chi connectivity index (χ2v) is 5.83. The van der Waals surface area contributed by atoms with Crippen molar-refractivity contribution < 1.29 is 14.3 Å². The average Bonchev–Trinajstić information content (AvgIpc) is 2.47. The zero-order chi connectivity index (χ0) is 15.1. The lowest BCUT2D eigenvalue weighted by Gasteiger charge is -2.25. The number of piperidine rings is 1. The van der Waals surface area contributed by atoms with Crippen LogP contribution in [0.5, 0.6) is 5.75 Å². The fourth-order valence-corrected chi connectivity index (χ4v) is 2.71. The van der Waals surface area contributed by atoms with Gasteiger partial charge in [-0.3, -0.25) is 4.90 Å². The summed E-state index contributed by atoms with van der Waals surface area (Å²) in [7, 11) is 0. The summed E-state index contributed by atoms with van der Waals surface area (Å²) in [6.07, 6.45) is 3.75. The van der Waals surface area contributed by atoms with Gasteiger partial charge in [-0.25, -0.2) is 4.79 Å². The lowest BCUT2D eigenvalue weighted by atomic mass is 10.1. The first-order valence-electron chi connectivity index (χ1n) is 7.11. The Kier molecular flexibility index (Phi) is 6.61. The molecule has 0 radical (unpaired) electrons. The topological polar surface area (TPSA) is 38.8 Å². The highest BCUT2D eigenvalue weighted by Gasteiger charge is 2.11. The molecule has 1 fully saturated rings.